The van der Waals surface area contributed by atoms with Crippen LogP contribution in [0, 0.1) is 20.8 Å². The van der Waals surface area contributed by atoms with Gasteiger partial charge in [-0.15, -0.1) is 0 Å². The summed E-state index contributed by atoms with van der Waals surface area (Å²) in [5, 5.41) is 4.25. The zero-order chi connectivity index (χ0) is 15.0. The third-order valence-corrected chi connectivity index (χ3v) is 4.29. The van der Waals surface area contributed by atoms with Gasteiger partial charge in [-0.25, -0.2) is 4.98 Å². The van der Waals surface area contributed by atoms with Crippen molar-refractivity contribution in [3.05, 3.63) is 64.1 Å². The lowest BCUT2D eigenvalue weighted by Gasteiger charge is -2.11. The highest BCUT2D eigenvalue weighted by Crippen LogP contribution is 2.23. The first-order chi connectivity index (χ1) is 10.1. The van der Waals surface area contributed by atoms with Crippen LogP contribution < -0.4 is 5.32 Å². The van der Waals surface area contributed by atoms with Crippen LogP contribution in [0.5, 0.6) is 0 Å². The maximum Gasteiger partial charge on any atom is 0.160 e. The van der Waals surface area contributed by atoms with Crippen LogP contribution >= 0.6 is 11.6 Å². The van der Waals surface area contributed by atoms with Crippen LogP contribution in [0.15, 0.2) is 36.5 Å². The van der Waals surface area contributed by atoms with E-state index in [4.69, 9.17) is 11.6 Å². The number of fused-ring (bicyclic) bond motifs is 1. The predicted molar refractivity (Wildman–Crippen MR) is 88.2 cm³/mol. The van der Waals surface area contributed by atoms with Gasteiger partial charge >= 0.3 is 0 Å². The van der Waals surface area contributed by atoms with Gasteiger partial charge in [0.05, 0.1) is 11.4 Å². The van der Waals surface area contributed by atoms with E-state index >= 15 is 0 Å². The zero-order valence-electron chi connectivity index (χ0n) is 12.4. The van der Waals surface area contributed by atoms with Gasteiger partial charge in [0.2, 0.25) is 0 Å². The van der Waals surface area contributed by atoms with Crippen molar-refractivity contribution in [2.24, 2.45) is 0 Å². The first-order valence-corrected chi connectivity index (χ1v) is 7.38. The molecule has 3 aromatic rings. The van der Waals surface area contributed by atoms with Gasteiger partial charge in [-0.1, -0.05) is 23.7 Å². The molecule has 1 N–H and O–H groups in total. The Morgan fingerprint density at radius 1 is 1.14 bits per heavy atom. The molecule has 0 spiro atoms. The first kappa shape index (κ1) is 14.0. The molecule has 0 aliphatic carbocycles. The van der Waals surface area contributed by atoms with Crippen LogP contribution in [0.3, 0.4) is 0 Å². The Hall–Kier alpha value is -2.00. The third-order valence-electron chi connectivity index (χ3n) is 3.93. The largest absolute Gasteiger partial charge is 0.378 e. The van der Waals surface area contributed by atoms with Crippen molar-refractivity contribution < 1.29 is 0 Å². The molecule has 2 heterocycles. The molecule has 0 saturated carbocycles. The SMILES string of the molecule is Cc1cccc(Cl)c1CNc1cccn2c(C)c(C)nc12. The topological polar surface area (TPSA) is 29.3 Å². The highest BCUT2D eigenvalue weighted by Gasteiger charge is 2.09. The van der Waals surface area contributed by atoms with E-state index in [-0.39, 0.29) is 0 Å². The molecule has 0 bridgehead atoms. The van der Waals surface area contributed by atoms with Gasteiger partial charge < -0.3 is 9.72 Å². The average molecular weight is 300 g/mol. The van der Waals surface area contributed by atoms with Gasteiger partial charge in [-0.05, 0) is 50.1 Å². The fraction of sp³-hybridized carbons (Fsp3) is 0.235. The molecule has 0 radical (unpaired) electrons. The fourth-order valence-corrected chi connectivity index (χ4v) is 2.80. The standard InChI is InChI=1S/C17H18ClN3/c1-11-6-4-7-15(18)14(11)10-19-16-8-5-9-21-13(3)12(2)20-17(16)21/h4-9,19H,10H2,1-3H3. The lowest BCUT2D eigenvalue weighted by molar-refractivity contribution is 1.08. The molecule has 0 fully saturated rings. The molecule has 4 heteroatoms. The van der Waals surface area contributed by atoms with E-state index in [1.54, 1.807) is 0 Å². The van der Waals surface area contributed by atoms with E-state index < -0.39 is 0 Å². The Morgan fingerprint density at radius 3 is 2.71 bits per heavy atom. The number of aromatic nitrogens is 2. The highest BCUT2D eigenvalue weighted by atomic mass is 35.5. The van der Waals surface area contributed by atoms with Crippen LogP contribution in [-0.4, -0.2) is 9.38 Å². The highest BCUT2D eigenvalue weighted by molar-refractivity contribution is 6.31. The van der Waals surface area contributed by atoms with Crippen LogP contribution in [0.25, 0.3) is 5.65 Å². The molecular formula is C17H18ClN3. The number of hydrogen-bond donors (Lipinski definition) is 1. The van der Waals surface area contributed by atoms with Crippen LogP contribution in [0.4, 0.5) is 5.69 Å². The van der Waals surface area contributed by atoms with Gasteiger partial charge in [-0.3, -0.25) is 0 Å². The quantitative estimate of drug-likeness (QED) is 0.770. The second kappa shape index (κ2) is 5.41. The Balaban J connectivity index is 1.94. The summed E-state index contributed by atoms with van der Waals surface area (Å²) in [7, 11) is 0. The van der Waals surface area contributed by atoms with Crippen molar-refractivity contribution in [2.75, 3.05) is 5.32 Å². The summed E-state index contributed by atoms with van der Waals surface area (Å²) in [6.45, 7) is 6.88. The molecule has 0 saturated heterocycles. The molecule has 108 valence electrons. The Morgan fingerprint density at radius 2 is 1.95 bits per heavy atom. The van der Waals surface area contributed by atoms with Crippen molar-refractivity contribution in [3.63, 3.8) is 0 Å². The summed E-state index contributed by atoms with van der Waals surface area (Å²) in [4.78, 5) is 4.64. The Bertz CT molecular complexity index is 785. The minimum atomic E-state index is 0.691. The van der Waals surface area contributed by atoms with Crippen molar-refractivity contribution in [1.82, 2.24) is 9.38 Å². The summed E-state index contributed by atoms with van der Waals surface area (Å²) in [6.07, 6.45) is 2.04. The molecule has 3 rings (SSSR count). The second-order valence-corrected chi connectivity index (χ2v) is 5.69. The molecule has 1 aromatic carbocycles. The number of hydrogen-bond acceptors (Lipinski definition) is 2. The number of rotatable bonds is 3. The predicted octanol–water partition coefficient (Wildman–Crippen LogP) is 4.53. The van der Waals surface area contributed by atoms with Crippen LogP contribution in [0.2, 0.25) is 5.02 Å². The maximum absolute atomic E-state index is 6.28. The summed E-state index contributed by atoms with van der Waals surface area (Å²) < 4.78 is 2.11. The summed E-state index contributed by atoms with van der Waals surface area (Å²) in [6, 6.07) is 10.1. The van der Waals surface area contributed by atoms with Gasteiger partial charge in [0, 0.05) is 23.5 Å². The first-order valence-electron chi connectivity index (χ1n) is 7.00. The second-order valence-electron chi connectivity index (χ2n) is 5.29. The minimum Gasteiger partial charge on any atom is -0.378 e. The lowest BCUT2D eigenvalue weighted by atomic mass is 10.1. The number of imidazole rings is 1. The molecule has 0 unspecified atom stereocenters. The number of nitrogens with zero attached hydrogens (tertiary/aromatic N) is 2. The molecule has 0 aliphatic rings. The van der Waals surface area contributed by atoms with Gasteiger partial charge in [0.1, 0.15) is 0 Å². The van der Waals surface area contributed by atoms with E-state index in [1.807, 2.05) is 37.4 Å². The number of nitrogens with one attached hydrogen (secondary N) is 1. The molecule has 0 atom stereocenters. The van der Waals surface area contributed by atoms with E-state index in [0.717, 1.165) is 27.6 Å². The molecular weight excluding hydrogens is 282 g/mol. The summed E-state index contributed by atoms with van der Waals surface area (Å²) >= 11 is 6.28. The van der Waals surface area contributed by atoms with Gasteiger partial charge in [-0.2, -0.15) is 0 Å². The van der Waals surface area contributed by atoms with E-state index in [2.05, 4.69) is 34.6 Å². The molecule has 3 nitrogen and oxygen atoms in total. The third kappa shape index (κ3) is 2.49. The van der Waals surface area contributed by atoms with Crippen LogP contribution in [-0.2, 0) is 6.54 Å². The van der Waals surface area contributed by atoms with Gasteiger partial charge in [0.25, 0.3) is 0 Å². The number of anilines is 1. The molecule has 0 amide bonds. The smallest absolute Gasteiger partial charge is 0.160 e. The van der Waals surface area contributed by atoms with Crippen LogP contribution in [0.1, 0.15) is 22.5 Å². The summed E-state index contributed by atoms with van der Waals surface area (Å²) in [5.74, 6) is 0. The Kier molecular flexibility index (Phi) is 3.60. The minimum absolute atomic E-state index is 0.691. The zero-order valence-corrected chi connectivity index (χ0v) is 13.2. The number of pyridine rings is 1. The number of halogens is 1. The number of benzene rings is 1. The monoisotopic (exact) mass is 299 g/mol. The molecule has 21 heavy (non-hydrogen) atoms. The van der Waals surface area contributed by atoms with E-state index in [1.165, 1.54) is 11.3 Å². The van der Waals surface area contributed by atoms with Crippen molar-refractivity contribution >= 4 is 22.9 Å². The van der Waals surface area contributed by atoms with Crippen molar-refractivity contribution in [2.45, 2.75) is 27.3 Å². The maximum atomic E-state index is 6.28. The fourth-order valence-electron chi connectivity index (χ4n) is 2.51. The average Bonchev–Trinajstić information content (AvgIpc) is 2.75. The molecule has 0 aliphatic heterocycles. The number of aryl methyl sites for hydroxylation is 3. The lowest BCUT2D eigenvalue weighted by Crippen LogP contribution is -2.04. The van der Waals surface area contributed by atoms with E-state index in [9.17, 15) is 0 Å². The van der Waals surface area contributed by atoms with Gasteiger partial charge in [0.15, 0.2) is 5.65 Å². The normalized spacial score (nSPS) is 11.0. The summed E-state index contributed by atoms with van der Waals surface area (Å²) in [5.41, 5.74) is 6.52. The Labute approximate surface area is 129 Å². The van der Waals surface area contributed by atoms with Crippen molar-refractivity contribution in [1.29, 1.82) is 0 Å². The van der Waals surface area contributed by atoms with Crippen molar-refractivity contribution in [3.8, 4) is 0 Å². The van der Waals surface area contributed by atoms with E-state index in [0.29, 0.717) is 6.54 Å². The molecule has 2 aromatic heterocycles.